The number of ether oxygens (including phenoxy) is 2. The van der Waals surface area contributed by atoms with Crippen LogP contribution in [-0.2, 0) is 19.6 Å². The van der Waals surface area contributed by atoms with E-state index in [1.54, 1.807) is 6.07 Å². The van der Waals surface area contributed by atoms with E-state index in [9.17, 15) is 13.2 Å². The molecule has 1 aromatic rings. The highest BCUT2D eigenvalue weighted by Crippen LogP contribution is 2.34. The van der Waals surface area contributed by atoms with Crippen molar-refractivity contribution in [3.05, 3.63) is 18.2 Å². The lowest BCUT2D eigenvalue weighted by Gasteiger charge is -2.30. The van der Waals surface area contributed by atoms with E-state index in [4.69, 9.17) is 9.47 Å². The fourth-order valence-corrected chi connectivity index (χ4v) is 4.05. The fourth-order valence-electron chi connectivity index (χ4n) is 2.62. The zero-order valence-electron chi connectivity index (χ0n) is 12.3. The van der Waals surface area contributed by atoms with Crippen LogP contribution in [0, 0.1) is 0 Å². The van der Waals surface area contributed by atoms with Gasteiger partial charge in [0.2, 0.25) is 15.9 Å². The lowest BCUT2D eigenvalue weighted by molar-refractivity contribution is -0.116. The maximum atomic E-state index is 12.7. The number of carbonyl (C=O) groups excluding carboxylic acids is 1. The number of amides is 1. The minimum atomic E-state index is -3.58. The van der Waals surface area contributed by atoms with Crippen molar-refractivity contribution in [3.8, 4) is 5.75 Å². The summed E-state index contributed by atoms with van der Waals surface area (Å²) in [6.07, 6.45) is 0. The van der Waals surface area contributed by atoms with E-state index >= 15 is 0 Å². The predicted molar refractivity (Wildman–Crippen MR) is 79.5 cm³/mol. The van der Waals surface area contributed by atoms with E-state index in [0.717, 1.165) is 0 Å². The van der Waals surface area contributed by atoms with Gasteiger partial charge in [0, 0.05) is 20.0 Å². The third kappa shape index (κ3) is 2.69. The first-order valence-electron chi connectivity index (χ1n) is 7.13. The molecule has 0 unspecified atom stereocenters. The molecule has 1 fully saturated rings. The summed E-state index contributed by atoms with van der Waals surface area (Å²) in [6.45, 7) is 3.75. The quantitative estimate of drug-likeness (QED) is 0.789. The molecule has 2 heterocycles. The number of fused-ring (bicyclic) bond motifs is 1. The Morgan fingerprint density at radius 2 is 1.86 bits per heavy atom. The number of sulfonamides is 1. The second-order valence-corrected chi connectivity index (χ2v) is 7.10. The molecular formula is C14H18N2O5S. The molecule has 0 bridgehead atoms. The molecule has 1 saturated heterocycles. The summed E-state index contributed by atoms with van der Waals surface area (Å²) in [5.74, 6) is 0.396. The van der Waals surface area contributed by atoms with Gasteiger partial charge in [0.1, 0.15) is 12.4 Å². The molecule has 0 N–H and O–H groups in total. The maximum Gasteiger partial charge on any atom is 0.243 e. The molecule has 2 aliphatic rings. The predicted octanol–water partition coefficient (Wildman–Crippen LogP) is 0.453. The number of carbonyl (C=O) groups is 1. The largest absolute Gasteiger partial charge is 0.490 e. The molecule has 0 saturated carbocycles. The molecule has 1 aromatic carbocycles. The van der Waals surface area contributed by atoms with Gasteiger partial charge < -0.3 is 14.4 Å². The van der Waals surface area contributed by atoms with Gasteiger partial charge in [-0.2, -0.15) is 4.31 Å². The van der Waals surface area contributed by atoms with E-state index in [2.05, 4.69) is 0 Å². The Hall–Kier alpha value is -1.64. The zero-order valence-corrected chi connectivity index (χ0v) is 13.1. The molecule has 120 valence electrons. The van der Waals surface area contributed by atoms with Crippen LogP contribution in [-0.4, -0.2) is 58.1 Å². The minimum absolute atomic E-state index is 0.134. The van der Waals surface area contributed by atoms with Gasteiger partial charge in [-0.1, -0.05) is 0 Å². The summed E-state index contributed by atoms with van der Waals surface area (Å²) >= 11 is 0. The Labute approximate surface area is 129 Å². The van der Waals surface area contributed by atoms with Crippen LogP contribution in [0.15, 0.2) is 23.1 Å². The van der Waals surface area contributed by atoms with Crippen LogP contribution in [0.3, 0.4) is 0 Å². The number of rotatable bonds is 2. The van der Waals surface area contributed by atoms with E-state index < -0.39 is 10.0 Å². The van der Waals surface area contributed by atoms with Crippen molar-refractivity contribution in [1.82, 2.24) is 4.31 Å². The summed E-state index contributed by atoms with van der Waals surface area (Å²) < 4.78 is 37.4. The Bertz CT molecular complexity index is 682. The fraction of sp³-hybridized carbons (Fsp3) is 0.500. The van der Waals surface area contributed by atoms with Crippen LogP contribution in [0.25, 0.3) is 0 Å². The maximum absolute atomic E-state index is 12.7. The van der Waals surface area contributed by atoms with E-state index in [1.807, 2.05) is 0 Å². The van der Waals surface area contributed by atoms with Crippen LogP contribution >= 0.6 is 0 Å². The minimum Gasteiger partial charge on any atom is -0.490 e. The SMILES string of the molecule is CC(=O)N1CCOc2ccc(S(=O)(=O)N3CCOCC3)cc21. The number of anilines is 1. The van der Waals surface area contributed by atoms with Gasteiger partial charge in [0.15, 0.2) is 0 Å². The molecule has 0 atom stereocenters. The normalized spacial score (nSPS) is 19.4. The first kappa shape index (κ1) is 15.3. The van der Waals surface area contributed by atoms with Crippen LogP contribution in [0.5, 0.6) is 5.75 Å². The molecule has 7 nitrogen and oxygen atoms in total. The molecule has 0 aromatic heterocycles. The smallest absolute Gasteiger partial charge is 0.243 e. The van der Waals surface area contributed by atoms with Gasteiger partial charge in [-0.25, -0.2) is 8.42 Å². The standard InChI is InChI=1S/C14H18N2O5S/c1-11(17)16-6-9-21-14-3-2-12(10-13(14)16)22(18,19)15-4-7-20-8-5-15/h2-3,10H,4-9H2,1H3. The number of hydrogen-bond donors (Lipinski definition) is 0. The van der Waals surface area contributed by atoms with Gasteiger partial charge in [0.05, 0.1) is 30.3 Å². The van der Waals surface area contributed by atoms with Gasteiger partial charge in [-0.15, -0.1) is 0 Å². The van der Waals surface area contributed by atoms with E-state index in [-0.39, 0.29) is 10.8 Å². The summed E-state index contributed by atoms with van der Waals surface area (Å²) in [6, 6.07) is 4.64. The summed E-state index contributed by atoms with van der Waals surface area (Å²) in [7, 11) is -3.58. The molecular weight excluding hydrogens is 308 g/mol. The van der Waals surface area contributed by atoms with Crippen LogP contribution < -0.4 is 9.64 Å². The van der Waals surface area contributed by atoms with Crippen molar-refractivity contribution in [3.63, 3.8) is 0 Å². The highest BCUT2D eigenvalue weighted by molar-refractivity contribution is 7.89. The Balaban J connectivity index is 1.98. The van der Waals surface area contributed by atoms with E-state index in [1.165, 1.54) is 28.3 Å². The number of benzene rings is 1. The highest BCUT2D eigenvalue weighted by Gasteiger charge is 2.29. The van der Waals surface area contributed by atoms with Gasteiger partial charge in [-0.3, -0.25) is 4.79 Å². The van der Waals surface area contributed by atoms with Crippen molar-refractivity contribution in [1.29, 1.82) is 0 Å². The van der Waals surface area contributed by atoms with E-state index in [0.29, 0.717) is 50.9 Å². The topological polar surface area (TPSA) is 76.2 Å². The Kier molecular flexibility index (Phi) is 4.07. The molecule has 0 spiro atoms. The average Bonchev–Trinajstić information content (AvgIpc) is 2.54. The Morgan fingerprint density at radius 3 is 2.55 bits per heavy atom. The van der Waals surface area contributed by atoms with Crippen molar-refractivity contribution in [2.24, 2.45) is 0 Å². The third-order valence-electron chi connectivity index (χ3n) is 3.78. The molecule has 22 heavy (non-hydrogen) atoms. The lowest BCUT2D eigenvalue weighted by Crippen LogP contribution is -2.41. The first-order chi connectivity index (χ1) is 10.5. The molecule has 2 aliphatic heterocycles. The number of nitrogens with zero attached hydrogens (tertiary/aromatic N) is 2. The second-order valence-electron chi connectivity index (χ2n) is 5.17. The van der Waals surface area contributed by atoms with Crippen LogP contribution in [0.2, 0.25) is 0 Å². The lowest BCUT2D eigenvalue weighted by atomic mass is 10.2. The third-order valence-corrected chi connectivity index (χ3v) is 5.68. The van der Waals surface area contributed by atoms with Gasteiger partial charge in [0.25, 0.3) is 0 Å². The first-order valence-corrected chi connectivity index (χ1v) is 8.57. The Morgan fingerprint density at radius 1 is 1.14 bits per heavy atom. The summed E-state index contributed by atoms with van der Waals surface area (Å²) in [4.78, 5) is 13.4. The average molecular weight is 326 g/mol. The number of hydrogen-bond acceptors (Lipinski definition) is 5. The molecule has 0 radical (unpaired) electrons. The summed E-state index contributed by atoms with van der Waals surface area (Å²) in [5.41, 5.74) is 0.507. The van der Waals surface area contributed by atoms with Crippen molar-refractivity contribution < 1.29 is 22.7 Å². The van der Waals surface area contributed by atoms with Crippen LogP contribution in [0.4, 0.5) is 5.69 Å². The van der Waals surface area contributed by atoms with Crippen molar-refractivity contribution in [2.45, 2.75) is 11.8 Å². The van der Waals surface area contributed by atoms with Crippen molar-refractivity contribution in [2.75, 3.05) is 44.4 Å². The summed E-state index contributed by atoms with van der Waals surface area (Å²) in [5, 5.41) is 0. The molecule has 1 amide bonds. The number of morpholine rings is 1. The molecule has 3 rings (SSSR count). The zero-order chi connectivity index (χ0) is 15.7. The second kappa shape index (κ2) is 5.86. The van der Waals surface area contributed by atoms with Crippen LogP contribution in [0.1, 0.15) is 6.92 Å². The molecule has 8 heteroatoms. The van der Waals surface area contributed by atoms with Gasteiger partial charge >= 0.3 is 0 Å². The van der Waals surface area contributed by atoms with Crippen molar-refractivity contribution >= 4 is 21.6 Å². The monoisotopic (exact) mass is 326 g/mol. The highest BCUT2D eigenvalue weighted by atomic mass is 32.2. The molecule has 0 aliphatic carbocycles. The van der Waals surface area contributed by atoms with Gasteiger partial charge in [-0.05, 0) is 18.2 Å².